The van der Waals surface area contributed by atoms with Gasteiger partial charge in [0.05, 0.1) is 5.52 Å². The highest BCUT2D eigenvalue weighted by Crippen LogP contribution is 2.45. The number of nitrogens with zero attached hydrogens (tertiary/aromatic N) is 2. The fraction of sp³-hybridized carbons (Fsp3) is 0.455. The SMILES string of the molecule is Cc1cnc2nc(C3CC3C)[nH]c2c1. The Morgan fingerprint density at radius 1 is 1.50 bits per heavy atom. The summed E-state index contributed by atoms with van der Waals surface area (Å²) in [5.74, 6) is 2.55. The summed E-state index contributed by atoms with van der Waals surface area (Å²) in [5, 5.41) is 0. The normalized spacial score (nSPS) is 25.6. The van der Waals surface area contributed by atoms with Gasteiger partial charge in [-0.25, -0.2) is 9.97 Å². The average molecular weight is 187 g/mol. The fourth-order valence-corrected chi connectivity index (χ4v) is 1.90. The highest BCUT2D eigenvalue weighted by atomic mass is 15.0. The van der Waals surface area contributed by atoms with Gasteiger partial charge >= 0.3 is 0 Å². The summed E-state index contributed by atoms with van der Waals surface area (Å²) in [6.07, 6.45) is 3.13. The van der Waals surface area contributed by atoms with Crippen molar-refractivity contribution in [1.82, 2.24) is 15.0 Å². The quantitative estimate of drug-likeness (QED) is 0.744. The molecule has 2 atom stereocenters. The summed E-state index contributed by atoms with van der Waals surface area (Å²) in [6, 6.07) is 2.10. The minimum atomic E-state index is 0.643. The molecule has 1 aliphatic rings. The third kappa shape index (κ3) is 1.12. The van der Waals surface area contributed by atoms with Crippen LogP contribution in [0.5, 0.6) is 0 Å². The molecule has 0 spiro atoms. The molecule has 2 aromatic rings. The van der Waals surface area contributed by atoms with E-state index in [1.54, 1.807) is 0 Å². The van der Waals surface area contributed by atoms with Crippen LogP contribution in [0.3, 0.4) is 0 Å². The Morgan fingerprint density at radius 3 is 3.00 bits per heavy atom. The zero-order valence-electron chi connectivity index (χ0n) is 8.41. The molecule has 0 radical (unpaired) electrons. The monoisotopic (exact) mass is 187 g/mol. The topological polar surface area (TPSA) is 41.6 Å². The Morgan fingerprint density at radius 2 is 2.29 bits per heavy atom. The fourth-order valence-electron chi connectivity index (χ4n) is 1.90. The number of fused-ring (bicyclic) bond motifs is 1. The number of hydrogen-bond acceptors (Lipinski definition) is 2. The number of aromatic amines is 1. The van der Waals surface area contributed by atoms with Gasteiger partial charge in [0.15, 0.2) is 5.65 Å². The number of aromatic nitrogens is 3. The van der Waals surface area contributed by atoms with E-state index in [1.165, 1.54) is 12.0 Å². The van der Waals surface area contributed by atoms with Crippen LogP contribution < -0.4 is 0 Å². The average Bonchev–Trinajstić information content (AvgIpc) is 2.75. The van der Waals surface area contributed by atoms with Crippen molar-refractivity contribution in [2.75, 3.05) is 0 Å². The first-order valence-corrected chi connectivity index (χ1v) is 5.06. The van der Waals surface area contributed by atoms with Crippen molar-refractivity contribution >= 4 is 11.2 Å². The first-order valence-electron chi connectivity index (χ1n) is 5.06. The van der Waals surface area contributed by atoms with Gasteiger partial charge in [-0.2, -0.15) is 0 Å². The van der Waals surface area contributed by atoms with Crippen LogP contribution in [0.1, 0.15) is 30.7 Å². The molecule has 1 N–H and O–H groups in total. The maximum absolute atomic E-state index is 4.50. The van der Waals surface area contributed by atoms with Crippen molar-refractivity contribution in [3.8, 4) is 0 Å². The van der Waals surface area contributed by atoms with E-state index in [0.717, 1.165) is 22.9 Å². The van der Waals surface area contributed by atoms with Gasteiger partial charge in [-0.05, 0) is 30.9 Å². The van der Waals surface area contributed by atoms with Crippen LogP contribution >= 0.6 is 0 Å². The number of hydrogen-bond donors (Lipinski definition) is 1. The summed E-state index contributed by atoms with van der Waals surface area (Å²) < 4.78 is 0. The lowest BCUT2D eigenvalue weighted by atomic mass is 10.3. The van der Waals surface area contributed by atoms with Gasteiger partial charge < -0.3 is 4.98 Å². The lowest BCUT2D eigenvalue weighted by Crippen LogP contribution is -1.83. The summed E-state index contributed by atoms with van der Waals surface area (Å²) >= 11 is 0. The van der Waals surface area contributed by atoms with E-state index in [1.807, 2.05) is 13.1 Å². The van der Waals surface area contributed by atoms with Gasteiger partial charge in [0.1, 0.15) is 5.82 Å². The van der Waals surface area contributed by atoms with Gasteiger partial charge in [0, 0.05) is 12.1 Å². The molecule has 2 unspecified atom stereocenters. The van der Waals surface area contributed by atoms with Gasteiger partial charge in [-0.1, -0.05) is 6.92 Å². The van der Waals surface area contributed by atoms with E-state index in [4.69, 9.17) is 0 Å². The largest absolute Gasteiger partial charge is 0.340 e. The van der Waals surface area contributed by atoms with E-state index < -0.39 is 0 Å². The third-order valence-electron chi connectivity index (χ3n) is 2.95. The van der Waals surface area contributed by atoms with E-state index in [0.29, 0.717) is 5.92 Å². The van der Waals surface area contributed by atoms with Gasteiger partial charge in [0.2, 0.25) is 0 Å². The van der Waals surface area contributed by atoms with Crippen LogP contribution in [0.25, 0.3) is 11.2 Å². The van der Waals surface area contributed by atoms with Gasteiger partial charge in [-0.3, -0.25) is 0 Å². The minimum absolute atomic E-state index is 0.643. The first-order chi connectivity index (χ1) is 6.74. The summed E-state index contributed by atoms with van der Waals surface area (Å²) in [4.78, 5) is 12.1. The lowest BCUT2D eigenvalue weighted by molar-refractivity contribution is 0.866. The second kappa shape index (κ2) is 2.56. The standard InChI is InChI=1S/C11H13N3/c1-6-3-9-11(12-5-6)14-10(13-9)8-4-7(8)2/h3,5,7-8H,4H2,1-2H3,(H,12,13,14). The Labute approximate surface area is 82.6 Å². The molecule has 2 heterocycles. The van der Waals surface area contributed by atoms with Crippen LogP contribution in [0.2, 0.25) is 0 Å². The molecular weight excluding hydrogens is 174 g/mol. The van der Waals surface area contributed by atoms with E-state index in [-0.39, 0.29) is 0 Å². The highest BCUT2D eigenvalue weighted by molar-refractivity contribution is 5.71. The second-order valence-electron chi connectivity index (χ2n) is 4.33. The molecule has 0 aliphatic heterocycles. The predicted molar refractivity (Wildman–Crippen MR) is 55.1 cm³/mol. The number of imidazole rings is 1. The molecule has 2 aromatic heterocycles. The Balaban J connectivity index is 2.11. The molecule has 1 fully saturated rings. The van der Waals surface area contributed by atoms with Gasteiger partial charge in [-0.15, -0.1) is 0 Å². The lowest BCUT2D eigenvalue weighted by Gasteiger charge is -1.88. The van der Waals surface area contributed by atoms with Crippen LogP contribution in [0.15, 0.2) is 12.3 Å². The maximum Gasteiger partial charge on any atom is 0.177 e. The molecule has 1 saturated carbocycles. The molecule has 0 bridgehead atoms. The van der Waals surface area contributed by atoms with Crippen LogP contribution in [0, 0.1) is 12.8 Å². The summed E-state index contributed by atoms with van der Waals surface area (Å²) in [6.45, 7) is 4.31. The van der Waals surface area contributed by atoms with Crippen molar-refractivity contribution in [2.45, 2.75) is 26.2 Å². The third-order valence-corrected chi connectivity index (χ3v) is 2.95. The molecular formula is C11H13N3. The Hall–Kier alpha value is -1.38. The number of nitrogens with one attached hydrogen (secondary N) is 1. The van der Waals surface area contributed by atoms with Crippen molar-refractivity contribution in [3.63, 3.8) is 0 Å². The molecule has 72 valence electrons. The molecule has 3 nitrogen and oxygen atoms in total. The molecule has 0 saturated heterocycles. The molecule has 3 rings (SSSR count). The Kier molecular flexibility index (Phi) is 1.46. The second-order valence-corrected chi connectivity index (χ2v) is 4.33. The van der Waals surface area contributed by atoms with Crippen molar-refractivity contribution in [3.05, 3.63) is 23.7 Å². The van der Waals surface area contributed by atoms with Crippen LogP contribution in [-0.4, -0.2) is 15.0 Å². The molecule has 0 aromatic carbocycles. The van der Waals surface area contributed by atoms with E-state index in [2.05, 4.69) is 27.9 Å². The van der Waals surface area contributed by atoms with Crippen LogP contribution in [0.4, 0.5) is 0 Å². The number of pyridine rings is 1. The Bertz CT molecular complexity index is 486. The van der Waals surface area contributed by atoms with Crippen molar-refractivity contribution < 1.29 is 0 Å². The van der Waals surface area contributed by atoms with Crippen molar-refractivity contribution in [1.29, 1.82) is 0 Å². The number of H-pyrrole nitrogens is 1. The highest BCUT2D eigenvalue weighted by Gasteiger charge is 2.36. The predicted octanol–water partition coefficient (Wildman–Crippen LogP) is 2.39. The summed E-state index contributed by atoms with van der Waals surface area (Å²) in [5.41, 5.74) is 3.10. The van der Waals surface area contributed by atoms with Gasteiger partial charge in [0.25, 0.3) is 0 Å². The maximum atomic E-state index is 4.50. The summed E-state index contributed by atoms with van der Waals surface area (Å²) in [7, 11) is 0. The molecule has 0 amide bonds. The zero-order valence-corrected chi connectivity index (χ0v) is 8.41. The number of rotatable bonds is 1. The molecule has 3 heteroatoms. The first kappa shape index (κ1) is 7.97. The van der Waals surface area contributed by atoms with E-state index >= 15 is 0 Å². The minimum Gasteiger partial charge on any atom is -0.340 e. The smallest absolute Gasteiger partial charge is 0.177 e. The molecule has 14 heavy (non-hydrogen) atoms. The molecule has 1 aliphatic carbocycles. The van der Waals surface area contributed by atoms with Crippen LogP contribution in [-0.2, 0) is 0 Å². The number of aryl methyl sites for hydroxylation is 1. The van der Waals surface area contributed by atoms with E-state index in [9.17, 15) is 0 Å². The zero-order chi connectivity index (χ0) is 9.71. The van der Waals surface area contributed by atoms with Crippen molar-refractivity contribution in [2.24, 2.45) is 5.92 Å².